The molecule has 0 spiro atoms. The van der Waals surface area contributed by atoms with Gasteiger partial charge in [0.15, 0.2) is 11.6 Å². The van der Waals surface area contributed by atoms with Crippen molar-refractivity contribution >= 4 is 5.97 Å². The van der Waals surface area contributed by atoms with E-state index in [1.165, 1.54) is 20.3 Å². The highest BCUT2D eigenvalue weighted by Crippen LogP contribution is 2.23. The van der Waals surface area contributed by atoms with E-state index in [2.05, 4.69) is 4.74 Å². The van der Waals surface area contributed by atoms with E-state index in [1.807, 2.05) is 0 Å². The minimum atomic E-state index is -0.562. The molecule has 0 N–H and O–H groups in total. The summed E-state index contributed by atoms with van der Waals surface area (Å²) < 4.78 is 22.6. The first-order chi connectivity index (χ1) is 6.60. The van der Waals surface area contributed by atoms with Gasteiger partial charge in [-0.15, -0.1) is 0 Å². The number of ether oxygens (including phenoxy) is 2. The van der Waals surface area contributed by atoms with Gasteiger partial charge >= 0.3 is 5.97 Å². The fourth-order valence-electron chi connectivity index (χ4n) is 1.23. The first kappa shape index (κ1) is 10.5. The summed E-state index contributed by atoms with van der Waals surface area (Å²) in [6, 6.07) is 2.62. The van der Waals surface area contributed by atoms with Crippen molar-refractivity contribution in [3.63, 3.8) is 0 Å². The molecule has 0 unspecified atom stereocenters. The zero-order valence-corrected chi connectivity index (χ0v) is 8.26. The number of methoxy groups -OCH3 is 2. The Hall–Kier alpha value is -1.58. The minimum Gasteiger partial charge on any atom is -0.493 e. The van der Waals surface area contributed by atoms with Crippen molar-refractivity contribution in [1.82, 2.24) is 0 Å². The molecule has 0 radical (unpaired) electrons. The predicted octanol–water partition coefficient (Wildman–Crippen LogP) is 1.93. The van der Waals surface area contributed by atoms with Crippen LogP contribution in [-0.2, 0) is 4.74 Å². The van der Waals surface area contributed by atoms with Crippen molar-refractivity contribution in [1.29, 1.82) is 0 Å². The lowest BCUT2D eigenvalue weighted by Gasteiger charge is -2.07. The van der Waals surface area contributed by atoms with E-state index in [0.29, 0.717) is 5.56 Å². The van der Waals surface area contributed by atoms with Crippen LogP contribution in [-0.4, -0.2) is 20.2 Å². The second-order valence-corrected chi connectivity index (χ2v) is 2.80. The molecular formula is C10H11FO3. The summed E-state index contributed by atoms with van der Waals surface area (Å²) in [5, 5.41) is 0. The number of hydrogen-bond acceptors (Lipinski definition) is 3. The molecule has 0 amide bonds. The van der Waals surface area contributed by atoms with E-state index in [-0.39, 0.29) is 11.3 Å². The van der Waals surface area contributed by atoms with Crippen LogP contribution in [0, 0.1) is 12.7 Å². The molecule has 76 valence electrons. The Morgan fingerprint density at radius 1 is 1.36 bits per heavy atom. The van der Waals surface area contributed by atoms with Gasteiger partial charge in [-0.3, -0.25) is 0 Å². The number of halogens is 1. The number of carbonyl (C=O) groups is 1. The van der Waals surface area contributed by atoms with E-state index >= 15 is 0 Å². The van der Waals surface area contributed by atoms with Crippen molar-refractivity contribution in [2.24, 2.45) is 0 Å². The molecule has 1 aromatic carbocycles. The normalized spacial score (nSPS) is 9.71. The van der Waals surface area contributed by atoms with E-state index in [1.54, 1.807) is 6.92 Å². The standard InChI is InChI=1S/C10H11FO3/c1-6-4-7(10(12)14-3)5-8(11)9(6)13-2/h4-5H,1-3H3. The van der Waals surface area contributed by atoms with E-state index in [4.69, 9.17) is 4.74 Å². The molecule has 0 aliphatic heterocycles. The van der Waals surface area contributed by atoms with Crippen LogP contribution in [0.4, 0.5) is 4.39 Å². The molecule has 1 aromatic rings. The zero-order valence-electron chi connectivity index (χ0n) is 8.26. The molecule has 0 aliphatic rings. The largest absolute Gasteiger partial charge is 0.493 e. The molecule has 4 heteroatoms. The summed E-state index contributed by atoms with van der Waals surface area (Å²) in [6.45, 7) is 1.66. The minimum absolute atomic E-state index is 0.151. The second-order valence-electron chi connectivity index (χ2n) is 2.80. The van der Waals surface area contributed by atoms with Gasteiger partial charge < -0.3 is 9.47 Å². The summed E-state index contributed by atoms with van der Waals surface area (Å²) in [5.74, 6) is -0.972. The molecule has 0 aliphatic carbocycles. The Labute approximate surface area is 81.4 Å². The predicted molar refractivity (Wildman–Crippen MR) is 49.0 cm³/mol. The second kappa shape index (κ2) is 4.09. The fourth-order valence-corrected chi connectivity index (χ4v) is 1.23. The highest BCUT2D eigenvalue weighted by Gasteiger charge is 2.13. The van der Waals surface area contributed by atoms with Gasteiger partial charge in [-0.05, 0) is 24.6 Å². The maximum Gasteiger partial charge on any atom is 0.337 e. The summed E-state index contributed by atoms with van der Waals surface area (Å²) in [5.41, 5.74) is 0.746. The van der Waals surface area contributed by atoms with Crippen molar-refractivity contribution in [3.05, 3.63) is 29.1 Å². The lowest BCUT2D eigenvalue weighted by atomic mass is 10.1. The van der Waals surface area contributed by atoms with Crippen molar-refractivity contribution < 1.29 is 18.7 Å². The average Bonchev–Trinajstić information content (AvgIpc) is 2.16. The molecule has 0 saturated carbocycles. The summed E-state index contributed by atoms with van der Waals surface area (Å²) in [4.78, 5) is 11.1. The summed E-state index contributed by atoms with van der Waals surface area (Å²) in [6.07, 6.45) is 0. The first-order valence-corrected chi connectivity index (χ1v) is 4.02. The zero-order chi connectivity index (χ0) is 10.7. The Balaban J connectivity index is 3.20. The van der Waals surface area contributed by atoms with Crippen LogP contribution in [0.2, 0.25) is 0 Å². The van der Waals surface area contributed by atoms with Crippen LogP contribution < -0.4 is 4.74 Å². The molecule has 0 heterocycles. The smallest absolute Gasteiger partial charge is 0.337 e. The maximum atomic E-state index is 13.3. The third-order valence-electron chi connectivity index (χ3n) is 1.85. The molecule has 0 atom stereocenters. The van der Waals surface area contributed by atoms with E-state index in [0.717, 1.165) is 6.07 Å². The molecule has 0 bridgehead atoms. The maximum absolute atomic E-state index is 13.3. The van der Waals surface area contributed by atoms with Gasteiger partial charge in [0.25, 0.3) is 0 Å². The third kappa shape index (κ3) is 1.84. The quantitative estimate of drug-likeness (QED) is 0.681. The topological polar surface area (TPSA) is 35.5 Å². The van der Waals surface area contributed by atoms with Crippen molar-refractivity contribution in [2.45, 2.75) is 6.92 Å². The van der Waals surface area contributed by atoms with E-state index < -0.39 is 11.8 Å². The van der Waals surface area contributed by atoms with Gasteiger partial charge in [0.1, 0.15) is 0 Å². The number of carbonyl (C=O) groups excluding carboxylic acids is 1. The van der Waals surface area contributed by atoms with Crippen LogP contribution in [0.25, 0.3) is 0 Å². The van der Waals surface area contributed by atoms with Gasteiger partial charge in [-0.1, -0.05) is 0 Å². The van der Waals surface area contributed by atoms with Gasteiger partial charge in [0, 0.05) is 0 Å². The van der Waals surface area contributed by atoms with E-state index in [9.17, 15) is 9.18 Å². The fraction of sp³-hybridized carbons (Fsp3) is 0.300. The summed E-state index contributed by atoms with van der Waals surface area (Å²) >= 11 is 0. The highest BCUT2D eigenvalue weighted by molar-refractivity contribution is 5.89. The molecule has 3 nitrogen and oxygen atoms in total. The monoisotopic (exact) mass is 198 g/mol. The molecule has 0 fully saturated rings. The number of aryl methyl sites for hydroxylation is 1. The molecule has 14 heavy (non-hydrogen) atoms. The molecular weight excluding hydrogens is 187 g/mol. The van der Waals surface area contributed by atoms with Gasteiger partial charge in [-0.25, -0.2) is 9.18 Å². The van der Waals surface area contributed by atoms with Crippen LogP contribution in [0.5, 0.6) is 5.75 Å². The summed E-state index contributed by atoms with van der Waals surface area (Å²) in [7, 11) is 2.63. The van der Waals surface area contributed by atoms with Gasteiger partial charge in [-0.2, -0.15) is 0 Å². The van der Waals surface area contributed by atoms with Crippen molar-refractivity contribution in [2.75, 3.05) is 14.2 Å². The number of rotatable bonds is 2. The number of benzene rings is 1. The molecule has 0 aromatic heterocycles. The Morgan fingerprint density at radius 3 is 2.43 bits per heavy atom. The average molecular weight is 198 g/mol. The Kier molecular flexibility index (Phi) is 3.06. The Morgan fingerprint density at radius 2 is 2.00 bits per heavy atom. The van der Waals surface area contributed by atoms with Crippen LogP contribution in [0.15, 0.2) is 12.1 Å². The number of esters is 1. The Bertz CT molecular complexity index is 337. The highest BCUT2D eigenvalue weighted by atomic mass is 19.1. The van der Waals surface area contributed by atoms with Gasteiger partial charge in [0.2, 0.25) is 0 Å². The molecule has 0 saturated heterocycles. The lowest BCUT2D eigenvalue weighted by Crippen LogP contribution is -2.03. The van der Waals surface area contributed by atoms with Gasteiger partial charge in [0.05, 0.1) is 19.8 Å². The molecule has 1 rings (SSSR count). The van der Waals surface area contributed by atoms with Crippen LogP contribution >= 0.6 is 0 Å². The third-order valence-corrected chi connectivity index (χ3v) is 1.85. The number of hydrogen-bond donors (Lipinski definition) is 0. The first-order valence-electron chi connectivity index (χ1n) is 4.02. The van der Waals surface area contributed by atoms with Crippen molar-refractivity contribution in [3.8, 4) is 5.75 Å². The van der Waals surface area contributed by atoms with Crippen LogP contribution in [0.1, 0.15) is 15.9 Å². The lowest BCUT2D eigenvalue weighted by molar-refractivity contribution is 0.0600. The van der Waals surface area contributed by atoms with Crippen LogP contribution in [0.3, 0.4) is 0 Å². The SMILES string of the molecule is COC(=O)c1cc(C)c(OC)c(F)c1.